The highest BCUT2D eigenvalue weighted by Crippen LogP contribution is 1.93. The zero-order chi connectivity index (χ0) is 3.70. The van der Waals surface area contributed by atoms with Crippen molar-refractivity contribution in [2.75, 3.05) is 13.2 Å². The predicted molar refractivity (Wildman–Crippen MR) is 14.4 cm³/mol. The molecule has 0 atom stereocenters. The lowest BCUT2D eigenvalue weighted by atomic mass is 10.7. The first kappa shape index (κ1) is 3.08. The molecule has 0 amide bonds. The minimum Gasteiger partial charge on any atom is -0.289 e. The largest absolute Gasteiger partial charge is 0.289 e. The molecular weight excluding hydrogens is 70.0 g/mol. The van der Waals surface area contributed by atoms with Gasteiger partial charge in [0.15, 0.2) is 0 Å². The Balaban J connectivity index is 2.08. The number of rotatable bonds is 0. The molecule has 0 unspecified atom stereocenters. The van der Waals surface area contributed by atoms with Crippen LogP contribution in [-0.2, 0) is 4.84 Å². The van der Waals surface area contributed by atoms with Gasteiger partial charge in [0.05, 0.1) is 13.2 Å². The number of hydroxylamine groups is 2. The van der Waals surface area contributed by atoms with Gasteiger partial charge in [-0.3, -0.25) is 10.0 Å². The Morgan fingerprint density at radius 1 is 1.80 bits per heavy atom. The lowest BCUT2D eigenvalue weighted by molar-refractivity contribution is -0.406. The van der Waals surface area contributed by atoms with Crippen LogP contribution in [0.25, 0.3) is 0 Å². The Morgan fingerprint density at radius 3 is 2.20 bits per heavy atom. The molecule has 5 heavy (non-hydrogen) atoms. The van der Waals surface area contributed by atoms with Crippen molar-refractivity contribution in [3.8, 4) is 0 Å². The van der Waals surface area contributed by atoms with Crippen LogP contribution in [0.2, 0.25) is 0 Å². The van der Waals surface area contributed by atoms with E-state index in [1.165, 1.54) is 0 Å². The fraction of sp³-hybridized carbons (Fsp3) is 1.00. The molecule has 1 fully saturated rings. The second-order valence-electron chi connectivity index (χ2n) is 0.909. The minimum atomic E-state index is 0.653. The third kappa shape index (κ3) is 0.397. The van der Waals surface area contributed by atoms with Crippen LogP contribution in [0.15, 0.2) is 0 Å². The zero-order valence-corrected chi connectivity index (χ0v) is 2.72. The van der Waals surface area contributed by atoms with Gasteiger partial charge in [-0.25, -0.2) is 0 Å². The first-order valence-corrected chi connectivity index (χ1v) is 1.49. The Labute approximate surface area is 29.7 Å². The normalized spacial score (nSPS) is 25.8. The van der Waals surface area contributed by atoms with E-state index in [2.05, 4.69) is 4.84 Å². The predicted octanol–water partition coefficient (Wildman–Crippen LogP) is -0.377. The highest BCUT2D eigenvalue weighted by atomic mass is 16.9. The molecule has 0 saturated carbocycles. The van der Waals surface area contributed by atoms with Gasteiger partial charge in [-0.2, -0.15) is 0 Å². The van der Waals surface area contributed by atoms with Gasteiger partial charge < -0.3 is 0 Å². The standard InChI is InChI=1S/C2H5NO2/c4-3-1-2-5-3/h4H,1-2H2. The molecule has 0 aromatic heterocycles. The molecule has 0 bridgehead atoms. The molecule has 0 aliphatic carbocycles. The highest BCUT2D eigenvalue weighted by molar-refractivity contribution is 4.35. The summed E-state index contributed by atoms with van der Waals surface area (Å²) in [7, 11) is 0. The van der Waals surface area contributed by atoms with Crippen molar-refractivity contribution in [1.29, 1.82) is 0 Å². The summed E-state index contributed by atoms with van der Waals surface area (Å²) in [4.78, 5) is 4.32. The van der Waals surface area contributed by atoms with Crippen molar-refractivity contribution in [3.05, 3.63) is 0 Å². The van der Waals surface area contributed by atoms with Gasteiger partial charge >= 0.3 is 0 Å². The SMILES string of the molecule is ON1CCO1. The van der Waals surface area contributed by atoms with Gasteiger partial charge in [-0.05, 0) is 0 Å². The molecule has 1 heterocycles. The fourth-order valence-corrected chi connectivity index (χ4v) is 0.173. The third-order valence-corrected chi connectivity index (χ3v) is 0.523. The first-order chi connectivity index (χ1) is 2.39. The van der Waals surface area contributed by atoms with E-state index in [9.17, 15) is 0 Å². The van der Waals surface area contributed by atoms with Crippen molar-refractivity contribution < 1.29 is 10.0 Å². The molecule has 1 saturated heterocycles. The van der Waals surface area contributed by atoms with Crippen molar-refractivity contribution in [2.24, 2.45) is 0 Å². The highest BCUT2D eigenvalue weighted by Gasteiger charge is 2.08. The number of hydrogen-bond acceptors (Lipinski definition) is 3. The zero-order valence-electron chi connectivity index (χ0n) is 2.72. The Hall–Kier alpha value is -0.120. The van der Waals surface area contributed by atoms with Gasteiger partial charge in [-0.15, -0.1) is 0 Å². The van der Waals surface area contributed by atoms with Crippen LogP contribution in [0.4, 0.5) is 0 Å². The molecular formula is C2H5NO2. The second-order valence-corrected chi connectivity index (χ2v) is 0.909. The minimum absolute atomic E-state index is 0.653. The van der Waals surface area contributed by atoms with E-state index in [1.54, 1.807) is 0 Å². The van der Waals surface area contributed by atoms with Crippen LogP contribution < -0.4 is 0 Å². The summed E-state index contributed by atoms with van der Waals surface area (Å²) in [6, 6.07) is 0. The summed E-state index contributed by atoms with van der Waals surface area (Å²) in [6.07, 6.45) is 0. The van der Waals surface area contributed by atoms with Gasteiger partial charge in [-0.1, -0.05) is 5.23 Å². The average Bonchev–Trinajstić information content (AvgIpc) is 1.30. The van der Waals surface area contributed by atoms with Gasteiger partial charge in [0.25, 0.3) is 0 Å². The molecule has 1 aliphatic heterocycles. The number of nitrogens with zero attached hydrogens (tertiary/aromatic N) is 1. The van der Waals surface area contributed by atoms with E-state index in [-0.39, 0.29) is 0 Å². The van der Waals surface area contributed by atoms with Crippen LogP contribution >= 0.6 is 0 Å². The maximum Gasteiger partial charge on any atom is 0.0886 e. The lowest BCUT2D eigenvalue weighted by Crippen LogP contribution is -2.35. The first-order valence-electron chi connectivity index (χ1n) is 1.49. The molecule has 0 spiro atoms. The van der Waals surface area contributed by atoms with Gasteiger partial charge in [0.2, 0.25) is 0 Å². The monoisotopic (exact) mass is 75.0 g/mol. The van der Waals surface area contributed by atoms with Crippen LogP contribution in [0.3, 0.4) is 0 Å². The van der Waals surface area contributed by atoms with E-state index in [0.29, 0.717) is 13.2 Å². The average molecular weight is 75.1 g/mol. The van der Waals surface area contributed by atoms with Crippen LogP contribution in [0.5, 0.6) is 0 Å². The topological polar surface area (TPSA) is 32.7 Å². The van der Waals surface area contributed by atoms with Gasteiger partial charge in [0.1, 0.15) is 0 Å². The smallest absolute Gasteiger partial charge is 0.0886 e. The second kappa shape index (κ2) is 0.931. The third-order valence-electron chi connectivity index (χ3n) is 0.523. The summed E-state index contributed by atoms with van der Waals surface area (Å²) in [5.41, 5.74) is 0. The molecule has 1 N–H and O–H groups in total. The Morgan fingerprint density at radius 2 is 2.20 bits per heavy atom. The van der Waals surface area contributed by atoms with E-state index >= 15 is 0 Å². The molecule has 0 radical (unpaired) electrons. The van der Waals surface area contributed by atoms with Crippen molar-refractivity contribution in [2.45, 2.75) is 0 Å². The molecule has 3 heteroatoms. The molecule has 30 valence electrons. The van der Waals surface area contributed by atoms with E-state index < -0.39 is 0 Å². The van der Waals surface area contributed by atoms with Crippen molar-refractivity contribution >= 4 is 0 Å². The van der Waals surface area contributed by atoms with Crippen molar-refractivity contribution in [3.63, 3.8) is 0 Å². The Bertz CT molecular complexity index is 34.6. The molecule has 0 aromatic carbocycles. The summed E-state index contributed by atoms with van der Waals surface area (Å²) in [6.45, 7) is 1.32. The van der Waals surface area contributed by atoms with Gasteiger partial charge in [0, 0.05) is 0 Å². The summed E-state index contributed by atoms with van der Waals surface area (Å²) < 4.78 is 0. The summed E-state index contributed by atoms with van der Waals surface area (Å²) in [5, 5.41) is 8.86. The number of hydrogen-bond donors (Lipinski definition) is 1. The maximum absolute atomic E-state index is 8.06. The summed E-state index contributed by atoms with van der Waals surface area (Å²) in [5.74, 6) is 0. The van der Waals surface area contributed by atoms with Crippen LogP contribution in [-0.4, -0.2) is 23.6 Å². The molecule has 1 aliphatic rings. The van der Waals surface area contributed by atoms with E-state index in [1.807, 2.05) is 0 Å². The quantitative estimate of drug-likeness (QED) is 0.426. The van der Waals surface area contributed by atoms with Crippen molar-refractivity contribution in [1.82, 2.24) is 5.23 Å². The Kier molecular flexibility index (Phi) is 0.574. The molecule has 1 rings (SSSR count). The molecule has 0 aromatic rings. The van der Waals surface area contributed by atoms with Crippen LogP contribution in [0.1, 0.15) is 0 Å². The fourth-order valence-electron chi connectivity index (χ4n) is 0.173. The van der Waals surface area contributed by atoms with Crippen LogP contribution in [0, 0.1) is 0 Å². The summed E-state index contributed by atoms with van der Waals surface area (Å²) >= 11 is 0. The van der Waals surface area contributed by atoms with E-state index in [4.69, 9.17) is 5.21 Å². The molecule has 3 nitrogen and oxygen atoms in total. The maximum atomic E-state index is 8.06. The lowest BCUT2D eigenvalue weighted by Gasteiger charge is -2.21. The van der Waals surface area contributed by atoms with E-state index in [0.717, 1.165) is 5.23 Å².